The van der Waals surface area contributed by atoms with E-state index in [4.69, 9.17) is 5.11 Å². The van der Waals surface area contributed by atoms with Gasteiger partial charge in [-0.3, -0.25) is 0 Å². The second kappa shape index (κ2) is 5.97. The molecule has 2 N–H and O–H groups in total. The van der Waals surface area contributed by atoms with Gasteiger partial charge in [0.25, 0.3) is 0 Å². The summed E-state index contributed by atoms with van der Waals surface area (Å²) >= 11 is 0. The molecule has 0 spiro atoms. The van der Waals surface area contributed by atoms with Crippen LogP contribution in [0.2, 0.25) is 0 Å². The highest BCUT2D eigenvalue weighted by molar-refractivity contribution is 7.89. The van der Waals surface area contributed by atoms with Crippen molar-refractivity contribution >= 4 is 16.0 Å². The Morgan fingerprint density at radius 3 is 2.15 bits per heavy atom. The van der Waals surface area contributed by atoms with Crippen molar-refractivity contribution in [2.75, 3.05) is 7.05 Å². The molecule has 1 aromatic rings. The second-order valence-corrected chi connectivity index (χ2v) is 6.81. The Balaban J connectivity index is 3.40. The molecule has 6 nitrogen and oxygen atoms in total. The fourth-order valence-electron chi connectivity index (χ4n) is 2.48. The lowest BCUT2D eigenvalue weighted by atomic mass is 10.2. The number of aryl methyl sites for hydroxylation is 1. The van der Waals surface area contributed by atoms with E-state index in [1.54, 1.807) is 14.0 Å². The van der Waals surface area contributed by atoms with E-state index in [0.29, 0.717) is 18.5 Å². The molecule has 0 aliphatic rings. The van der Waals surface area contributed by atoms with E-state index in [1.807, 2.05) is 13.8 Å². The third-order valence-electron chi connectivity index (χ3n) is 3.68. The molecule has 0 atom stereocenters. The quantitative estimate of drug-likeness (QED) is 0.842. The Labute approximate surface area is 119 Å². The van der Waals surface area contributed by atoms with Gasteiger partial charge in [-0.05, 0) is 26.7 Å². The smallest absolute Gasteiger partial charge is 0.352 e. The van der Waals surface area contributed by atoms with Crippen molar-refractivity contribution in [3.63, 3.8) is 0 Å². The third kappa shape index (κ3) is 2.73. The molecule has 0 radical (unpaired) electrons. The summed E-state index contributed by atoms with van der Waals surface area (Å²) in [5.41, 5.74) is 0.546. The topological polar surface area (TPSA) is 90.5 Å². The van der Waals surface area contributed by atoms with E-state index < -0.39 is 16.0 Å². The van der Waals surface area contributed by atoms with Crippen molar-refractivity contribution < 1.29 is 18.3 Å². The number of carbonyl (C=O) groups is 1. The summed E-state index contributed by atoms with van der Waals surface area (Å²) < 4.78 is 26.7. The zero-order valence-electron chi connectivity index (χ0n) is 12.5. The first-order valence-corrected chi connectivity index (χ1v) is 8.02. The highest BCUT2D eigenvalue weighted by Crippen LogP contribution is 2.27. The van der Waals surface area contributed by atoms with E-state index in [9.17, 15) is 13.2 Å². The molecule has 1 rings (SSSR count). The number of rotatable bonds is 6. The van der Waals surface area contributed by atoms with Crippen molar-refractivity contribution in [1.29, 1.82) is 0 Å². The van der Waals surface area contributed by atoms with Crippen molar-refractivity contribution in [1.82, 2.24) is 9.29 Å². The van der Waals surface area contributed by atoms with Crippen molar-refractivity contribution in [2.24, 2.45) is 0 Å². The SMILES string of the molecule is CCC(CC)N(C)S(=O)(=O)c1c(C)[nH]c(C(=O)O)c1C. The van der Waals surface area contributed by atoms with Crippen molar-refractivity contribution in [3.8, 4) is 0 Å². The van der Waals surface area contributed by atoms with Crippen LogP contribution in [0.15, 0.2) is 4.90 Å². The summed E-state index contributed by atoms with van der Waals surface area (Å²) in [6.07, 6.45) is 1.42. The second-order valence-electron chi connectivity index (χ2n) is 4.88. The van der Waals surface area contributed by atoms with Gasteiger partial charge in [0.15, 0.2) is 0 Å². The molecule has 0 aromatic carbocycles. The minimum atomic E-state index is -3.70. The van der Waals surface area contributed by atoms with Gasteiger partial charge in [0.05, 0.1) is 0 Å². The number of aromatic carboxylic acids is 1. The Hall–Kier alpha value is -1.34. The molecule has 0 bridgehead atoms. The standard InChI is InChI=1S/C13H22N2O4S/c1-6-10(7-2)15(5)20(18,19)12-8(3)11(13(16)17)14-9(12)4/h10,14H,6-7H2,1-5H3,(H,16,17). The first-order chi connectivity index (χ1) is 9.18. The van der Waals surface area contributed by atoms with E-state index in [-0.39, 0.29) is 22.2 Å². The minimum Gasteiger partial charge on any atom is -0.477 e. The molecule has 0 aliphatic carbocycles. The summed E-state index contributed by atoms with van der Waals surface area (Å²) in [6.45, 7) is 6.95. The van der Waals surface area contributed by atoms with Crippen LogP contribution in [0.3, 0.4) is 0 Å². The molecule has 20 heavy (non-hydrogen) atoms. The Kier molecular flexibility index (Phi) is 4.99. The highest BCUT2D eigenvalue weighted by atomic mass is 32.2. The number of sulfonamides is 1. The lowest BCUT2D eigenvalue weighted by Crippen LogP contribution is -2.36. The lowest BCUT2D eigenvalue weighted by Gasteiger charge is -2.25. The highest BCUT2D eigenvalue weighted by Gasteiger charge is 2.32. The van der Waals surface area contributed by atoms with Gasteiger partial charge < -0.3 is 10.1 Å². The van der Waals surface area contributed by atoms with Gasteiger partial charge in [-0.2, -0.15) is 4.31 Å². The average molecular weight is 302 g/mol. The predicted molar refractivity (Wildman–Crippen MR) is 76.5 cm³/mol. The number of nitrogens with one attached hydrogen (secondary N) is 1. The molecular weight excluding hydrogens is 280 g/mol. The molecule has 0 saturated carbocycles. The molecule has 0 unspecified atom stereocenters. The number of aromatic amines is 1. The van der Waals surface area contributed by atoms with Crippen LogP contribution in [0.5, 0.6) is 0 Å². The number of aromatic nitrogens is 1. The number of hydrogen-bond donors (Lipinski definition) is 2. The largest absolute Gasteiger partial charge is 0.477 e. The fraction of sp³-hybridized carbons (Fsp3) is 0.615. The number of carboxylic acids is 1. The first-order valence-electron chi connectivity index (χ1n) is 6.58. The van der Waals surface area contributed by atoms with Gasteiger partial charge in [0.2, 0.25) is 10.0 Å². The monoisotopic (exact) mass is 302 g/mol. The van der Waals surface area contributed by atoms with Crippen LogP contribution in [-0.4, -0.2) is 41.9 Å². The Morgan fingerprint density at radius 2 is 1.80 bits per heavy atom. The average Bonchev–Trinajstić information content (AvgIpc) is 2.66. The van der Waals surface area contributed by atoms with Crippen LogP contribution < -0.4 is 0 Å². The van der Waals surface area contributed by atoms with Crippen LogP contribution in [0.1, 0.15) is 48.4 Å². The first kappa shape index (κ1) is 16.7. The van der Waals surface area contributed by atoms with Crippen LogP contribution in [0.25, 0.3) is 0 Å². The summed E-state index contributed by atoms with van der Waals surface area (Å²) in [6, 6.07) is -0.0954. The van der Waals surface area contributed by atoms with Crippen LogP contribution in [-0.2, 0) is 10.0 Å². The summed E-state index contributed by atoms with van der Waals surface area (Å²) in [5.74, 6) is -1.16. The van der Waals surface area contributed by atoms with Crippen molar-refractivity contribution in [3.05, 3.63) is 17.0 Å². The van der Waals surface area contributed by atoms with E-state index in [0.717, 1.165) is 0 Å². The minimum absolute atomic E-state index is 0.0704. The zero-order chi connectivity index (χ0) is 15.7. The fourth-order valence-corrected chi connectivity index (χ4v) is 4.38. The van der Waals surface area contributed by atoms with Gasteiger partial charge >= 0.3 is 5.97 Å². The zero-order valence-corrected chi connectivity index (χ0v) is 13.3. The van der Waals surface area contributed by atoms with Crippen LogP contribution in [0.4, 0.5) is 0 Å². The maximum Gasteiger partial charge on any atom is 0.352 e. The molecular formula is C13H22N2O4S. The molecule has 0 amide bonds. The molecule has 0 aliphatic heterocycles. The molecule has 1 heterocycles. The summed E-state index contributed by atoms with van der Waals surface area (Å²) in [5, 5.41) is 9.07. The van der Waals surface area contributed by atoms with Crippen LogP contribution >= 0.6 is 0 Å². The van der Waals surface area contributed by atoms with Gasteiger partial charge in [-0.1, -0.05) is 13.8 Å². The lowest BCUT2D eigenvalue weighted by molar-refractivity contribution is 0.0690. The normalized spacial score (nSPS) is 12.3. The van der Waals surface area contributed by atoms with Crippen LogP contribution in [0, 0.1) is 13.8 Å². The molecule has 1 aromatic heterocycles. The maximum absolute atomic E-state index is 12.7. The number of H-pyrrole nitrogens is 1. The van der Waals surface area contributed by atoms with E-state index in [1.165, 1.54) is 11.2 Å². The van der Waals surface area contributed by atoms with Gasteiger partial charge in [-0.25, -0.2) is 13.2 Å². The maximum atomic E-state index is 12.7. The van der Waals surface area contributed by atoms with E-state index >= 15 is 0 Å². The van der Waals surface area contributed by atoms with E-state index in [2.05, 4.69) is 4.98 Å². The summed E-state index contributed by atoms with van der Waals surface area (Å²) in [7, 11) is -2.16. The van der Waals surface area contributed by atoms with Gasteiger partial charge in [0, 0.05) is 24.3 Å². The predicted octanol–water partition coefficient (Wildman–Crippen LogP) is 2.14. The third-order valence-corrected chi connectivity index (χ3v) is 5.86. The Morgan fingerprint density at radius 1 is 1.30 bits per heavy atom. The number of hydrogen-bond acceptors (Lipinski definition) is 3. The summed E-state index contributed by atoms with van der Waals surface area (Å²) in [4.78, 5) is 13.8. The van der Waals surface area contributed by atoms with Gasteiger partial charge in [0.1, 0.15) is 10.6 Å². The van der Waals surface area contributed by atoms with Gasteiger partial charge in [-0.15, -0.1) is 0 Å². The molecule has 0 saturated heterocycles. The number of carboxylic acid groups (broad SMARTS) is 1. The molecule has 0 fully saturated rings. The molecule has 114 valence electrons. The Bertz CT molecular complexity index is 600. The number of nitrogens with zero attached hydrogens (tertiary/aromatic N) is 1. The molecule has 7 heteroatoms. The van der Waals surface area contributed by atoms with Crippen molar-refractivity contribution in [2.45, 2.75) is 51.5 Å².